The average molecular weight is 142 g/mol. The Morgan fingerprint density at radius 1 is 1.09 bits per heavy atom. The summed E-state index contributed by atoms with van der Waals surface area (Å²) in [6.45, 7) is 0. The maximum atomic E-state index is 2.34. The SMILES string of the molecule is c1ccc2c(c1)CC1C3C2C13. The fourth-order valence-corrected chi connectivity index (χ4v) is 3.16. The van der Waals surface area contributed by atoms with E-state index in [2.05, 4.69) is 24.3 Å². The van der Waals surface area contributed by atoms with E-state index in [1.54, 1.807) is 11.1 Å². The van der Waals surface area contributed by atoms with Gasteiger partial charge in [0.25, 0.3) is 0 Å². The first-order valence-electron chi connectivity index (χ1n) is 4.54. The second-order valence-electron chi connectivity index (χ2n) is 4.25. The van der Waals surface area contributed by atoms with E-state index < -0.39 is 0 Å². The Morgan fingerprint density at radius 2 is 1.91 bits per heavy atom. The first-order valence-corrected chi connectivity index (χ1v) is 4.54. The van der Waals surface area contributed by atoms with Crippen molar-refractivity contribution in [2.45, 2.75) is 12.3 Å². The molecule has 2 bridgehead atoms. The number of hydrogen-bond acceptors (Lipinski definition) is 0. The highest BCUT2D eigenvalue weighted by molar-refractivity contribution is 5.48. The molecular weight excluding hydrogens is 132 g/mol. The summed E-state index contributed by atoms with van der Waals surface area (Å²) in [4.78, 5) is 0. The highest BCUT2D eigenvalue weighted by atomic mass is 14.8. The van der Waals surface area contributed by atoms with Crippen LogP contribution in [0.1, 0.15) is 17.0 Å². The van der Waals surface area contributed by atoms with Crippen LogP contribution >= 0.6 is 0 Å². The lowest BCUT2D eigenvalue weighted by Crippen LogP contribution is -2.12. The minimum Gasteiger partial charge on any atom is -0.0620 e. The van der Waals surface area contributed by atoms with Gasteiger partial charge < -0.3 is 0 Å². The molecular formula is C11H10. The maximum absolute atomic E-state index is 2.34. The van der Waals surface area contributed by atoms with E-state index in [0.29, 0.717) is 0 Å². The van der Waals surface area contributed by atoms with E-state index in [-0.39, 0.29) is 0 Å². The zero-order valence-electron chi connectivity index (χ0n) is 6.33. The van der Waals surface area contributed by atoms with Gasteiger partial charge in [0.15, 0.2) is 0 Å². The summed E-state index contributed by atoms with van der Waals surface area (Å²) in [5.41, 5.74) is 3.33. The summed E-state index contributed by atoms with van der Waals surface area (Å²) in [6, 6.07) is 9.02. The third kappa shape index (κ3) is 0.410. The van der Waals surface area contributed by atoms with E-state index in [4.69, 9.17) is 0 Å². The highest BCUT2D eigenvalue weighted by Crippen LogP contribution is 2.81. The third-order valence-electron chi connectivity index (χ3n) is 3.85. The molecule has 0 heteroatoms. The Hall–Kier alpha value is -0.780. The van der Waals surface area contributed by atoms with Crippen LogP contribution in [0.15, 0.2) is 24.3 Å². The molecule has 0 radical (unpaired) electrons. The Labute approximate surface area is 66.2 Å². The predicted molar refractivity (Wildman–Crippen MR) is 43.4 cm³/mol. The zero-order valence-corrected chi connectivity index (χ0v) is 6.33. The molecule has 5 rings (SSSR count). The minimum atomic E-state index is 1.02. The molecule has 0 spiro atoms. The van der Waals surface area contributed by atoms with Crippen molar-refractivity contribution in [3.63, 3.8) is 0 Å². The molecule has 2 unspecified atom stereocenters. The summed E-state index contributed by atoms with van der Waals surface area (Å²) in [7, 11) is 0. The van der Waals surface area contributed by atoms with Crippen molar-refractivity contribution in [2.75, 3.05) is 0 Å². The van der Waals surface area contributed by atoms with Crippen LogP contribution in [0.2, 0.25) is 0 Å². The van der Waals surface area contributed by atoms with Crippen LogP contribution < -0.4 is 0 Å². The topological polar surface area (TPSA) is 0 Å². The standard InChI is InChI=1S/C11H10/c1-2-4-7-6(3-1)5-8-10-9(7)11(8)10/h1-4,8-11H,5H2. The average Bonchev–Trinajstić information content (AvgIpc) is 2.92. The third-order valence-corrected chi connectivity index (χ3v) is 3.85. The molecule has 2 saturated carbocycles. The van der Waals surface area contributed by atoms with E-state index in [9.17, 15) is 0 Å². The first-order chi connectivity index (χ1) is 5.47. The van der Waals surface area contributed by atoms with Crippen molar-refractivity contribution >= 4 is 0 Å². The molecule has 2 fully saturated rings. The second kappa shape index (κ2) is 1.26. The number of rotatable bonds is 0. The highest BCUT2D eigenvalue weighted by Gasteiger charge is 2.75. The fourth-order valence-electron chi connectivity index (χ4n) is 3.16. The molecule has 0 aromatic heterocycles. The van der Waals surface area contributed by atoms with Gasteiger partial charge in [-0.2, -0.15) is 0 Å². The van der Waals surface area contributed by atoms with Gasteiger partial charge in [0, 0.05) is 0 Å². The van der Waals surface area contributed by atoms with Crippen molar-refractivity contribution < 1.29 is 0 Å². The van der Waals surface area contributed by atoms with Crippen molar-refractivity contribution in [3.05, 3.63) is 35.4 Å². The Kier molecular flexibility index (Phi) is 0.570. The lowest BCUT2D eigenvalue weighted by atomic mass is 9.82. The van der Waals surface area contributed by atoms with E-state index in [0.717, 1.165) is 23.7 Å². The molecule has 0 heterocycles. The molecule has 0 saturated heterocycles. The number of hydrogen-bond donors (Lipinski definition) is 0. The summed E-state index contributed by atoms with van der Waals surface area (Å²) in [6.07, 6.45) is 1.39. The number of benzene rings is 1. The quantitative estimate of drug-likeness (QED) is 0.521. The molecule has 0 N–H and O–H groups in total. The fraction of sp³-hybridized carbons (Fsp3) is 0.455. The largest absolute Gasteiger partial charge is 0.0620 e. The molecule has 0 aliphatic heterocycles. The van der Waals surface area contributed by atoms with Gasteiger partial charge in [0.2, 0.25) is 0 Å². The second-order valence-corrected chi connectivity index (χ2v) is 4.25. The van der Waals surface area contributed by atoms with Crippen molar-refractivity contribution in [1.29, 1.82) is 0 Å². The Bertz CT molecular complexity index is 323. The van der Waals surface area contributed by atoms with Gasteiger partial charge in [-0.25, -0.2) is 0 Å². The summed E-state index contributed by atoms with van der Waals surface area (Å²) >= 11 is 0. The van der Waals surface area contributed by atoms with Gasteiger partial charge in [0.05, 0.1) is 0 Å². The van der Waals surface area contributed by atoms with Gasteiger partial charge >= 0.3 is 0 Å². The molecule has 2 atom stereocenters. The molecule has 4 aliphatic carbocycles. The van der Waals surface area contributed by atoms with Crippen LogP contribution in [-0.4, -0.2) is 0 Å². The Morgan fingerprint density at radius 3 is 2.82 bits per heavy atom. The molecule has 54 valence electrons. The van der Waals surface area contributed by atoms with Crippen molar-refractivity contribution in [2.24, 2.45) is 17.8 Å². The van der Waals surface area contributed by atoms with Crippen LogP contribution in [0.4, 0.5) is 0 Å². The first kappa shape index (κ1) is 4.97. The van der Waals surface area contributed by atoms with Gasteiger partial charge in [-0.1, -0.05) is 24.3 Å². The van der Waals surface area contributed by atoms with E-state index in [1.807, 2.05) is 0 Å². The van der Waals surface area contributed by atoms with Crippen LogP contribution in [0.3, 0.4) is 0 Å². The van der Waals surface area contributed by atoms with Crippen LogP contribution in [0.5, 0.6) is 0 Å². The lowest BCUT2D eigenvalue weighted by molar-refractivity contribution is 0.515. The minimum absolute atomic E-state index is 1.02. The van der Waals surface area contributed by atoms with Gasteiger partial charge in [-0.05, 0) is 41.2 Å². The normalized spacial score (nSPS) is 47.6. The van der Waals surface area contributed by atoms with E-state index in [1.165, 1.54) is 6.42 Å². The molecule has 1 aromatic carbocycles. The predicted octanol–water partition coefficient (Wildman–Crippen LogP) is 2.20. The zero-order chi connectivity index (χ0) is 7.00. The van der Waals surface area contributed by atoms with Crippen LogP contribution in [0, 0.1) is 17.8 Å². The molecule has 0 nitrogen and oxygen atoms in total. The summed E-state index contributed by atoms with van der Waals surface area (Å²) < 4.78 is 0. The van der Waals surface area contributed by atoms with E-state index >= 15 is 0 Å². The summed E-state index contributed by atoms with van der Waals surface area (Å²) in [5.74, 6) is 4.43. The summed E-state index contributed by atoms with van der Waals surface area (Å²) in [5, 5.41) is 0. The molecule has 1 aromatic rings. The Balaban J connectivity index is 1.99. The van der Waals surface area contributed by atoms with Gasteiger partial charge in [-0.15, -0.1) is 0 Å². The smallest absolute Gasteiger partial charge is 0.00909 e. The van der Waals surface area contributed by atoms with Crippen LogP contribution in [-0.2, 0) is 6.42 Å². The van der Waals surface area contributed by atoms with Crippen molar-refractivity contribution in [3.8, 4) is 0 Å². The van der Waals surface area contributed by atoms with Crippen LogP contribution in [0.25, 0.3) is 0 Å². The monoisotopic (exact) mass is 142 g/mol. The van der Waals surface area contributed by atoms with Gasteiger partial charge in [0.1, 0.15) is 0 Å². The molecule has 0 amide bonds. The maximum Gasteiger partial charge on any atom is -0.00909 e. The van der Waals surface area contributed by atoms with Crippen molar-refractivity contribution in [1.82, 2.24) is 0 Å². The molecule has 4 aliphatic rings. The molecule has 11 heavy (non-hydrogen) atoms. The van der Waals surface area contributed by atoms with Gasteiger partial charge in [-0.3, -0.25) is 0 Å². The lowest BCUT2D eigenvalue weighted by Gasteiger charge is -2.22.